The Balaban J connectivity index is 2.75. The number of halogens is 2. The van der Waals surface area contributed by atoms with E-state index in [1.807, 2.05) is 0 Å². The van der Waals surface area contributed by atoms with E-state index in [2.05, 4.69) is 38.0 Å². The van der Waals surface area contributed by atoms with Crippen LogP contribution in [0.2, 0.25) is 10.2 Å². The molecule has 100 valence electrons. The summed E-state index contributed by atoms with van der Waals surface area (Å²) < 4.78 is 0. The Labute approximate surface area is 118 Å². The van der Waals surface area contributed by atoms with Crippen LogP contribution < -0.4 is 5.32 Å². The van der Waals surface area contributed by atoms with Crippen molar-refractivity contribution in [2.24, 2.45) is 11.3 Å². The van der Waals surface area contributed by atoms with Gasteiger partial charge in [0.25, 0.3) is 5.91 Å². The molecule has 3 nitrogen and oxygen atoms in total. The van der Waals surface area contributed by atoms with E-state index in [0.29, 0.717) is 17.5 Å². The van der Waals surface area contributed by atoms with Crippen molar-refractivity contribution in [3.05, 3.63) is 28.0 Å². The van der Waals surface area contributed by atoms with E-state index in [0.717, 1.165) is 0 Å². The molecule has 0 saturated carbocycles. The van der Waals surface area contributed by atoms with Gasteiger partial charge in [0.1, 0.15) is 10.8 Å². The van der Waals surface area contributed by atoms with Gasteiger partial charge in [-0.25, -0.2) is 4.98 Å². The summed E-state index contributed by atoms with van der Waals surface area (Å²) in [5, 5.41) is 3.41. The molecular weight excluding hydrogens is 271 g/mol. The molecule has 1 rings (SSSR count). The summed E-state index contributed by atoms with van der Waals surface area (Å²) in [5.74, 6) is 0.164. The molecule has 0 aliphatic carbocycles. The van der Waals surface area contributed by atoms with Gasteiger partial charge in [-0.15, -0.1) is 0 Å². The number of carbonyl (C=O) groups excluding carboxylic acids is 1. The third kappa shape index (κ3) is 3.85. The fourth-order valence-corrected chi connectivity index (χ4v) is 1.51. The number of hydrogen-bond donors (Lipinski definition) is 1. The van der Waals surface area contributed by atoms with Crippen LogP contribution in [0.4, 0.5) is 0 Å². The maximum Gasteiger partial charge on any atom is 0.271 e. The van der Waals surface area contributed by atoms with Gasteiger partial charge in [-0.2, -0.15) is 0 Å². The fourth-order valence-electron chi connectivity index (χ4n) is 1.17. The van der Waals surface area contributed by atoms with Gasteiger partial charge < -0.3 is 5.32 Å². The van der Waals surface area contributed by atoms with Crippen LogP contribution in [-0.4, -0.2) is 17.4 Å². The number of carbonyl (C=O) groups is 1. The molecule has 1 N–H and O–H groups in total. The minimum absolute atomic E-state index is 0.0146. The fraction of sp³-hybridized carbons (Fsp3) is 0.538. The number of pyridine rings is 1. The Bertz CT molecular complexity index is 445. The van der Waals surface area contributed by atoms with Crippen molar-refractivity contribution < 1.29 is 4.79 Å². The lowest BCUT2D eigenvalue weighted by Gasteiger charge is -2.29. The minimum atomic E-state index is -0.295. The number of hydrogen-bond acceptors (Lipinski definition) is 2. The van der Waals surface area contributed by atoms with Crippen molar-refractivity contribution >= 4 is 29.1 Å². The lowest BCUT2D eigenvalue weighted by Crippen LogP contribution is -2.37. The quantitative estimate of drug-likeness (QED) is 0.857. The lowest BCUT2D eigenvalue weighted by molar-refractivity contribution is 0.0920. The molecule has 0 aromatic carbocycles. The third-order valence-corrected chi connectivity index (χ3v) is 3.81. The van der Waals surface area contributed by atoms with Crippen LogP contribution in [0.3, 0.4) is 0 Å². The normalized spacial score (nSPS) is 11.7. The number of nitrogens with one attached hydrogen (secondary N) is 1. The maximum absolute atomic E-state index is 12.0. The van der Waals surface area contributed by atoms with E-state index >= 15 is 0 Å². The summed E-state index contributed by atoms with van der Waals surface area (Å²) in [5.41, 5.74) is 0.185. The Morgan fingerprint density at radius 1 is 1.39 bits per heavy atom. The zero-order valence-corrected chi connectivity index (χ0v) is 12.6. The lowest BCUT2D eigenvalue weighted by atomic mass is 9.81. The summed E-state index contributed by atoms with van der Waals surface area (Å²) in [6.45, 7) is 9.01. The number of aromatic nitrogens is 1. The van der Waals surface area contributed by atoms with Gasteiger partial charge in [0.2, 0.25) is 0 Å². The second-order valence-electron chi connectivity index (χ2n) is 5.29. The van der Waals surface area contributed by atoms with E-state index < -0.39 is 0 Å². The topological polar surface area (TPSA) is 42.0 Å². The Hall–Kier alpha value is -0.800. The highest BCUT2D eigenvalue weighted by Crippen LogP contribution is 2.25. The van der Waals surface area contributed by atoms with E-state index in [1.54, 1.807) is 12.1 Å². The van der Waals surface area contributed by atoms with Crippen LogP contribution in [-0.2, 0) is 0 Å². The first-order valence-electron chi connectivity index (χ1n) is 5.84. The summed E-state index contributed by atoms with van der Waals surface area (Å²) in [6.07, 6.45) is 0. The van der Waals surface area contributed by atoms with Crippen molar-refractivity contribution in [1.29, 1.82) is 0 Å². The second kappa shape index (κ2) is 5.89. The van der Waals surface area contributed by atoms with E-state index in [9.17, 15) is 4.79 Å². The average molecular weight is 289 g/mol. The highest BCUT2D eigenvalue weighted by molar-refractivity contribution is 6.34. The standard InChI is InChI=1S/C13H18Cl2N2O/c1-8(2)13(3,4)7-16-12(18)11-9(14)5-6-10(15)17-11/h5-6,8H,7H2,1-4H3,(H,16,18). The smallest absolute Gasteiger partial charge is 0.271 e. The Morgan fingerprint density at radius 3 is 2.56 bits per heavy atom. The van der Waals surface area contributed by atoms with Gasteiger partial charge >= 0.3 is 0 Å². The predicted molar refractivity (Wildman–Crippen MR) is 75.2 cm³/mol. The van der Waals surface area contributed by atoms with Crippen molar-refractivity contribution in [1.82, 2.24) is 10.3 Å². The molecule has 1 aromatic heterocycles. The maximum atomic E-state index is 12.0. The third-order valence-electron chi connectivity index (χ3n) is 3.29. The first-order chi connectivity index (χ1) is 8.24. The Morgan fingerprint density at radius 2 is 2.00 bits per heavy atom. The summed E-state index contributed by atoms with van der Waals surface area (Å²) in [7, 11) is 0. The van der Waals surface area contributed by atoms with Crippen LogP contribution in [0.25, 0.3) is 0 Å². The van der Waals surface area contributed by atoms with Crippen LogP contribution in [0.5, 0.6) is 0 Å². The monoisotopic (exact) mass is 288 g/mol. The zero-order valence-electron chi connectivity index (χ0n) is 11.1. The van der Waals surface area contributed by atoms with Gasteiger partial charge in [-0.1, -0.05) is 50.9 Å². The van der Waals surface area contributed by atoms with E-state index in [1.165, 1.54) is 0 Å². The molecule has 0 atom stereocenters. The molecule has 5 heteroatoms. The van der Waals surface area contributed by atoms with E-state index in [4.69, 9.17) is 23.2 Å². The van der Waals surface area contributed by atoms with Crippen LogP contribution in [0.1, 0.15) is 38.2 Å². The minimum Gasteiger partial charge on any atom is -0.350 e. The molecule has 0 saturated heterocycles. The molecule has 1 heterocycles. The number of amides is 1. The van der Waals surface area contributed by atoms with Crippen LogP contribution in [0, 0.1) is 11.3 Å². The largest absolute Gasteiger partial charge is 0.350 e. The number of nitrogens with zero attached hydrogens (tertiary/aromatic N) is 1. The molecule has 0 bridgehead atoms. The van der Waals surface area contributed by atoms with Crippen LogP contribution >= 0.6 is 23.2 Å². The Kier molecular flexibility index (Phi) is 5.00. The summed E-state index contributed by atoms with van der Waals surface area (Å²) >= 11 is 11.7. The van der Waals surface area contributed by atoms with Crippen molar-refractivity contribution in [2.45, 2.75) is 27.7 Å². The van der Waals surface area contributed by atoms with Crippen molar-refractivity contribution in [2.75, 3.05) is 6.54 Å². The van der Waals surface area contributed by atoms with Gasteiger partial charge in [0, 0.05) is 6.54 Å². The molecular formula is C13H18Cl2N2O. The molecule has 0 aliphatic rings. The molecule has 0 unspecified atom stereocenters. The average Bonchev–Trinajstić information content (AvgIpc) is 2.29. The summed E-state index contributed by atoms with van der Waals surface area (Å²) in [6, 6.07) is 3.12. The van der Waals surface area contributed by atoms with E-state index in [-0.39, 0.29) is 22.2 Å². The molecule has 0 fully saturated rings. The van der Waals surface area contributed by atoms with Gasteiger partial charge in [-0.05, 0) is 23.5 Å². The molecule has 0 radical (unpaired) electrons. The predicted octanol–water partition coefficient (Wildman–Crippen LogP) is 3.80. The second-order valence-corrected chi connectivity index (χ2v) is 6.08. The van der Waals surface area contributed by atoms with Crippen molar-refractivity contribution in [3.63, 3.8) is 0 Å². The summed E-state index contributed by atoms with van der Waals surface area (Å²) in [4.78, 5) is 15.9. The van der Waals surface area contributed by atoms with Crippen molar-refractivity contribution in [3.8, 4) is 0 Å². The molecule has 18 heavy (non-hydrogen) atoms. The van der Waals surface area contributed by atoms with Crippen LogP contribution in [0.15, 0.2) is 12.1 Å². The number of rotatable bonds is 4. The van der Waals surface area contributed by atoms with Gasteiger partial charge in [-0.3, -0.25) is 4.79 Å². The SMILES string of the molecule is CC(C)C(C)(C)CNC(=O)c1nc(Cl)ccc1Cl. The zero-order chi connectivity index (χ0) is 13.9. The first kappa shape index (κ1) is 15.3. The molecule has 1 aromatic rings. The highest BCUT2D eigenvalue weighted by Gasteiger charge is 2.24. The highest BCUT2D eigenvalue weighted by atomic mass is 35.5. The molecule has 0 aliphatic heterocycles. The van der Waals surface area contributed by atoms with Gasteiger partial charge in [0.05, 0.1) is 5.02 Å². The van der Waals surface area contributed by atoms with Gasteiger partial charge in [0.15, 0.2) is 0 Å². The first-order valence-corrected chi connectivity index (χ1v) is 6.60. The molecule has 0 spiro atoms. The molecule has 1 amide bonds.